The number of benzene rings is 4. The van der Waals surface area contributed by atoms with E-state index >= 15 is 0 Å². The van der Waals surface area contributed by atoms with E-state index in [0.29, 0.717) is 5.92 Å². The summed E-state index contributed by atoms with van der Waals surface area (Å²) in [7, 11) is 0. The first kappa shape index (κ1) is 27.3. The monoisotopic (exact) mass is 768 g/mol. The smallest absolute Gasteiger partial charge is 0.0280 e. The summed E-state index contributed by atoms with van der Waals surface area (Å²) in [5.41, 5.74) is 8.87. The topological polar surface area (TPSA) is 25.8 Å². The average Bonchev–Trinajstić information content (AvgIpc) is 3.54. The molecule has 44 heavy (non-hydrogen) atoms. The maximum atomic E-state index is 7.23. The maximum Gasteiger partial charge on any atom is 0.0280 e. The van der Waals surface area contributed by atoms with Crippen LogP contribution < -0.4 is 0 Å². The van der Waals surface area contributed by atoms with E-state index in [9.17, 15) is 0 Å². The van der Waals surface area contributed by atoms with Crippen molar-refractivity contribution >= 4 is 21.4 Å². The third kappa shape index (κ3) is 7.29. The van der Waals surface area contributed by atoms with Gasteiger partial charge in [0.15, 0.2) is 0 Å². The molecule has 2 nitrogen and oxygen atoms in total. The van der Waals surface area contributed by atoms with Gasteiger partial charge in [0.25, 0.3) is 0 Å². The molecule has 0 spiro atoms. The quantitative estimate of drug-likeness (QED) is 0.163. The Morgan fingerprint density at radius 3 is 2.14 bits per heavy atom. The molecule has 1 radical (unpaired) electrons. The van der Waals surface area contributed by atoms with E-state index in [-0.39, 0.29) is 25.7 Å². The molecule has 0 atom stereocenters. The molecular formula is C40H32IrN2S-2. The molecular weight excluding hydrogens is 733 g/mol. The molecule has 0 amide bonds. The Hall–Kier alpha value is -4.21. The zero-order valence-electron chi connectivity index (χ0n) is 27.4. The van der Waals surface area contributed by atoms with Crippen molar-refractivity contribution < 1.29 is 24.2 Å². The number of hydrogen-bond donors (Lipinski definition) is 0. The molecule has 0 bridgehead atoms. The van der Waals surface area contributed by atoms with Gasteiger partial charge in [0, 0.05) is 42.3 Å². The standard InChI is InChI=1S/C28H22NS.C12H10N.Ir/c1-19(2)22-13-14-29-26(17-22)23-15-24-18-27(21-11-7-4-8-12-21)30-28(24)25(16-23)20-9-5-3-6-10-20;1-10-7-8-12(13-9-10)11-5-3-2-4-6-11;/h3-14,16-19H,1-2H3;2-5,7-9H,1H3;/q2*-1;/i;1D3;. The van der Waals surface area contributed by atoms with Gasteiger partial charge in [-0.15, -0.1) is 59.5 Å². The van der Waals surface area contributed by atoms with E-state index < -0.39 is 6.85 Å². The molecule has 4 heteroatoms. The SMILES string of the molecule is CC(C)c1ccnc(-c2[c-]c3cc(-c4ccccc4)sc3c(-c3ccccc3)c2)c1.[2H]C([2H])([2H])c1ccc(-c2[c-]cccc2)nc1.[Ir]. The second-order valence-electron chi connectivity index (χ2n) is 10.5. The zero-order chi connectivity index (χ0) is 32.1. The van der Waals surface area contributed by atoms with E-state index in [1.54, 1.807) is 18.2 Å². The van der Waals surface area contributed by atoms with E-state index in [4.69, 9.17) is 4.11 Å². The number of aromatic nitrogens is 2. The van der Waals surface area contributed by atoms with Gasteiger partial charge >= 0.3 is 0 Å². The summed E-state index contributed by atoms with van der Waals surface area (Å²) in [5, 5.41) is 1.15. The minimum Gasteiger partial charge on any atom is -0.304 e. The van der Waals surface area contributed by atoms with Gasteiger partial charge in [0.2, 0.25) is 0 Å². The number of rotatable bonds is 5. The predicted molar refractivity (Wildman–Crippen MR) is 182 cm³/mol. The molecule has 0 fully saturated rings. The van der Waals surface area contributed by atoms with Crippen molar-refractivity contribution in [3.8, 4) is 44.1 Å². The predicted octanol–water partition coefficient (Wildman–Crippen LogP) is 11.1. The Morgan fingerprint density at radius 1 is 0.727 bits per heavy atom. The molecule has 0 N–H and O–H groups in total. The molecule has 4 aromatic carbocycles. The largest absolute Gasteiger partial charge is 0.304 e. The number of aryl methyl sites for hydroxylation is 1. The molecule has 7 aromatic rings. The number of fused-ring (bicyclic) bond motifs is 1. The second-order valence-corrected chi connectivity index (χ2v) is 11.6. The molecule has 0 aliphatic rings. The Bertz CT molecular complexity index is 2040. The van der Waals surface area contributed by atoms with Crippen LogP contribution in [-0.4, -0.2) is 9.97 Å². The number of hydrogen-bond acceptors (Lipinski definition) is 3. The normalized spacial score (nSPS) is 11.9. The van der Waals surface area contributed by atoms with Gasteiger partial charge in [0.05, 0.1) is 0 Å². The summed E-state index contributed by atoms with van der Waals surface area (Å²) in [6.07, 6.45) is 3.30. The third-order valence-corrected chi connectivity index (χ3v) is 8.37. The van der Waals surface area contributed by atoms with Gasteiger partial charge in [-0.3, -0.25) is 4.98 Å². The maximum absolute atomic E-state index is 7.23. The van der Waals surface area contributed by atoms with Crippen LogP contribution in [0.3, 0.4) is 0 Å². The fourth-order valence-corrected chi connectivity index (χ4v) is 6.01. The molecule has 0 unspecified atom stereocenters. The van der Waals surface area contributed by atoms with Gasteiger partial charge < -0.3 is 4.98 Å². The van der Waals surface area contributed by atoms with Crippen molar-refractivity contribution in [2.45, 2.75) is 26.6 Å². The Kier molecular flexibility index (Phi) is 9.02. The van der Waals surface area contributed by atoms with Crippen LogP contribution in [0.4, 0.5) is 0 Å². The zero-order valence-corrected chi connectivity index (χ0v) is 27.6. The van der Waals surface area contributed by atoms with Crippen LogP contribution in [0.2, 0.25) is 0 Å². The van der Waals surface area contributed by atoms with Gasteiger partial charge in [-0.1, -0.05) is 104 Å². The van der Waals surface area contributed by atoms with Crippen molar-refractivity contribution in [2.75, 3.05) is 0 Å². The summed E-state index contributed by atoms with van der Waals surface area (Å²) in [6, 6.07) is 47.4. The first-order valence-corrected chi connectivity index (χ1v) is 15.1. The van der Waals surface area contributed by atoms with Gasteiger partial charge in [-0.05, 0) is 56.4 Å². The van der Waals surface area contributed by atoms with Crippen molar-refractivity contribution in [1.82, 2.24) is 9.97 Å². The Labute approximate surface area is 282 Å². The molecule has 219 valence electrons. The van der Waals surface area contributed by atoms with Gasteiger partial charge in [-0.2, -0.15) is 11.3 Å². The van der Waals surface area contributed by atoms with E-state index in [0.717, 1.165) is 27.9 Å². The van der Waals surface area contributed by atoms with E-state index in [2.05, 4.69) is 121 Å². The second kappa shape index (κ2) is 14.5. The molecule has 3 aromatic heterocycles. The van der Waals surface area contributed by atoms with Crippen molar-refractivity contribution in [1.29, 1.82) is 0 Å². The third-order valence-electron chi connectivity index (χ3n) is 7.15. The summed E-state index contributed by atoms with van der Waals surface area (Å²) in [6.45, 7) is 2.34. The van der Waals surface area contributed by atoms with Crippen molar-refractivity contribution in [3.63, 3.8) is 0 Å². The minimum atomic E-state index is -2.09. The Morgan fingerprint density at radius 2 is 1.48 bits per heavy atom. The molecule has 0 saturated heterocycles. The number of thiophene rings is 1. The van der Waals surface area contributed by atoms with Gasteiger partial charge in [-0.25, -0.2) is 0 Å². The van der Waals surface area contributed by atoms with E-state index in [1.165, 1.54) is 38.0 Å². The summed E-state index contributed by atoms with van der Waals surface area (Å²) < 4.78 is 23.0. The first-order chi connectivity index (χ1) is 22.3. The summed E-state index contributed by atoms with van der Waals surface area (Å²) >= 11 is 1.83. The molecule has 0 aliphatic carbocycles. The van der Waals surface area contributed by atoms with Crippen LogP contribution in [0.1, 0.15) is 35.0 Å². The van der Waals surface area contributed by atoms with Gasteiger partial charge in [0.1, 0.15) is 0 Å². The van der Waals surface area contributed by atoms with Crippen LogP contribution in [0.5, 0.6) is 0 Å². The van der Waals surface area contributed by atoms with Crippen LogP contribution in [0.15, 0.2) is 134 Å². The molecule has 0 aliphatic heterocycles. The molecule has 0 saturated carbocycles. The number of pyridine rings is 2. The van der Waals surface area contributed by atoms with Crippen LogP contribution in [-0.2, 0) is 20.1 Å². The summed E-state index contributed by atoms with van der Waals surface area (Å²) in [5.74, 6) is 0.468. The average molecular weight is 768 g/mol. The van der Waals surface area contributed by atoms with Crippen LogP contribution in [0.25, 0.3) is 54.2 Å². The fraction of sp³-hybridized carbons (Fsp3) is 0.100. The van der Waals surface area contributed by atoms with Crippen LogP contribution in [0, 0.1) is 19.0 Å². The van der Waals surface area contributed by atoms with Crippen molar-refractivity contribution in [2.24, 2.45) is 0 Å². The number of nitrogens with zero attached hydrogens (tertiary/aromatic N) is 2. The fourth-order valence-electron chi connectivity index (χ4n) is 4.85. The minimum absolute atomic E-state index is 0. The molecule has 7 rings (SSSR count). The summed E-state index contributed by atoms with van der Waals surface area (Å²) in [4.78, 5) is 10.1. The molecule has 3 heterocycles. The van der Waals surface area contributed by atoms with Crippen molar-refractivity contribution in [3.05, 3.63) is 157 Å². The Balaban J connectivity index is 0.000000217. The van der Waals surface area contributed by atoms with E-state index in [1.807, 2.05) is 35.7 Å². The van der Waals surface area contributed by atoms with Crippen LogP contribution >= 0.6 is 11.3 Å². The first-order valence-electron chi connectivity index (χ1n) is 15.8.